The molecule has 1 aliphatic rings. The van der Waals surface area contributed by atoms with Crippen molar-refractivity contribution in [3.63, 3.8) is 0 Å². The van der Waals surface area contributed by atoms with Gasteiger partial charge in [0.2, 0.25) is 5.56 Å². The van der Waals surface area contributed by atoms with Crippen molar-refractivity contribution in [2.45, 2.75) is 19.4 Å². The summed E-state index contributed by atoms with van der Waals surface area (Å²) in [6.07, 6.45) is 0.604. The summed E-state index contributed by atoms with van der Waals surface area (Å²) in [6.45, 7) is 2.27. The van der Waals surface area contributed by atoms with Gasteiger partial charge in [0, 0.05) is 22.8 Å². The Morgan fingerprint density at radius 3 is 3.21 bits per heavy atom. The van der Waals surface area contributed by atoms with E-state index in [0.29, 0.717) is 6.54 Å². The van der Waals surface area contributed by atoms with E-state index in [-0.39, 0.29) is 11.7 Å². The first-order valence-corrected chi connectivity index (χ1v) is 6.02. The van der Waals surface area contributed by atoms with E-state index < -0.39 is 0 Å². The van der Waals surface area contributed by atoms with E-state index in [1.807, 2.05) is 13.0 Å². The highest BCUT2D eigenvalue weighted by Gasteiger charge is 2.25. The van der Waals surface area contributed by atoms with Crippen molar-refractivity contribution >= 4 is 10.9 Å². The van der Waals surface area contributed by atoms with Crippen molar-refractivity contribution in [1.82, 2.24) is 4.98 Å². The number of aromatic nitrogens is 1. The lowest BCUT2D eigenvalue weighted by Crippen LogP contribution is -2.16. The molecular weight excluding hydrogens is 244 g/mol. The Morgan fingerprint density at radius 1 is 1.58 bits per heavy atom. The van der Waals surface area contributed by atoms with Crippen LogP contribution in [0.5, 0.6) is 5.75 Å². The number of hydrogen-bond acceptors (Lipinski definition) is 3. The van der Waals surface area contributed by atoms with Crippen LogP contribution < -0.4 is 10.3 Å². The van der Waals surface area contributed by atoms with Crippen LogP contribution >= 0.6 is 0 Å². The molecule has 19 heavy (non-hydrogen) atoms. The highest BCUT2D eigenvalue weighted by Crippen LogP contribution is 2.37. The van der Waals surface area contributed by atoms with Gasteiger partial charge in [-0.1, -0.05) is 11.2 Å². The molecule has 6 nitrogen and oxygen atoms in total. The Labute approximate surface area is 108 Å². The van der Waals surface area contributed by atoms with Crippen molar-refractivity contribution in [1.29, 1.82) is 0 Å². The van der Waals surface area contributed by atoms with Gasteiger partial charge in [0.25, 0.3) is 0 Å². The molecule has 1 atom stereocenters. The fourth-order valence-corrected chi connectivity index (χ4v) is 2.52. The second-order valence-electron chi connectivity index (χ2n) is 4.65. The summed E-state index contributed by atoms with van der Waals surface area (Å²) in [7, 11) is 0. The molecule has 2 aromatic rings. The summed E-state index contributed by atoms with van der Waals surface area (Å²) in [5, 5.41) is 4.45. The summed E-state index contributed by atoms with van der Waals surface area (Å²) in [4.78, 5) is 17.0. The van der Waals surface area contributed by atoms with E-state index >= 15 is 0 Å². The molecule has 96 valence electrons. The summed E-state index contributed by atoms with van der Waals surface area (Å²) in [5.41, 5.74) is 11.1. The van der Waals surface area contributed by atoms with Gasteiger partial charge in [-0.25, -0.2) is 0 Å². The number of aromatic amines is 1. The molecule has 3 rings (SSSR count). The van der Waals surface area contributed by atoms with Gasteiger partial charge >= 0.3 is 0 Å². The lowest BCUT2D eigenvalue weighted by atomic mass is 10.0. The number of aryl methyl sites for hydroxylation is 1. The largest absolute Gasteiger partial charge is 0.489 e. The maximum absolute atomic E-state index is 11.4. The minimum Gasteiger partial charge on any atom is -0.489 e. The van der Waals surface area contributed by atoms with Crippen LogP contribution in [0.3, 0.4) is 0 Å². The number of azide groups is 1. The van der Waals surface area contributed by atoms with Crippen LogP contribution in [0.1, 0.15) is 11.1 Å². The summed E-state index contributed by atoms with van der Waals surface area (Å²) in [5.74, 6) is 0.787. The summed E-state index contributed by atoms with van der Waals surface area (Å²) < 4.78 is 5.83. The third-order valence-corrected chi connectivity index (χ3v) is 3.32. The molecule has 0 aliphatic carbocycles. The number of H-pyrrole nitrogens is 1. The highest BCUT2D eigenvalue weighted by atomic mass is 16.5. The molecule has 1 N–H and O–H groups in total. The molecule has 6 heteroatoms. The molecule has 1 aliphatic heterocycles. The predicted octanol–water partition coefficient (Wildman–Crippen LogP) is 2.45. The first-order valence-electron chi connectivity index (χ1n) is 6.02. The normalized spacial score (nSPS) is 16.8. The molecule has 1 aromatic carbocycles. The van der Waals surface area contributed by atoms with E-state index in [2.05, 4.69) is 15.0 Å². The number of ether oxygens (including phenoxy) is 1. The van der Waals surface area contributed by atoms with Crippen molar-refractivity contribution < 1.29 is 4.74 Å². The van der Waals surface area contributed by atoms with Crippen LogP contribution in [0, 0.1) is 6.92 Å². The predicted molar refractivity (Wildman–Crippen MR) is 71.4 cm³/mol. The van der Waals surface area contributed by atoms with Crippen molar-refractivity contribution in [2.24, 2.45) is 5.11 Å². The second-order valence-corrected chi connectivity index (χ2v) is 4.65. The molecular formula is C13H12N4O2. The van der Waals surface area contributed by atoms with Gasteiger partial charge in [-0.3, -0.25) is 4.79 Å². The topological polar surface area (TPSA) is 90.9 Å². The summed E-state index contributed by atoms with van der Waals surface area (Å²) in [6, 6.07) is 5.28. The molecule has 0 spiro atoms. The minimum absolute atomic E-state index is 0.122. The summed E-state index contributed by atoms with van der Waals surface area (Å²) >= 11 is 0. The van der Waals surface area contributed by atoms with Crippen molar-refractivity contribution in [3.05, 3.63) is 50.1 Å². The fourth-order valence-electron chi connectivity index (χ4n) is 2.52. The van der Waals surface area contributed by atoms with E-state index in [4.69, 9.17) is 10.3 Å². The number of fused-ring (bicyclic) bond motifs is 3. The Kier molecular flexibility index (Phi) is 2.65. The Balaban J connectivity index is 2.12. The number of nitrogens with one attached hydrogen (secondary N) is 1. The first kappa shape index (κ1) is 11.6. The monoisotopic (exact) mass is 256 g/mol. The standard InChI is InChI=1S/C13H12N4O2/c1-7-4-8-5-9(6-15-17-14)19-13(8)10-2-3-11(18)16-12(7)10/h2-4,9H,5-6H2,1H3,(H,16,18). The van der Waals surface area contributed by atoms with Gasteiger partial charge in [-0.15, -0.1) is 0 Å². The average molecular weight is 256 g/mol. The van der Waals surface area contributed by atoms with E-state index in [1.165, 1.54) is 6.07 Å². The molecule has 0 bridgehead atoms. The maximum Gasteiger partial charge on any atom is 0.248 e. The zero-order valence-corrected chi connectivity index (χ0v) is 10.4. The van der Waals surface area contributed by atoms with E-state index in [1.54, 1.807) is 6.07 Å². The fraction of sp³-hybridized carbons (Fsp3) is 0.308. The second kappa shape index (κ2) is 4.33. The Hall–Kier alpha value is -2.46. The lowest BCUT2D eigenvalue weighted by Gasteiger charge is -2.09. The molecule has 0 saturated carbocycles. The third kappa shape index (κ3) is 1.92. The van der Waals surface area contributed by atoms with Crippen LogP contribution in [0.15, 0.2) is 28.1 Å². The maximum atomic E-state index is 11.4. The van der Waals surface area contributed by atoms with Gasteiger partial charge in [0.1, 0.15) is 11.9 Å². The van der Waals surface area contributed by atoms with Crippen LogP contribution in [0.4, 0.5) is 0 Å². The molecule has 0 saturated heterocycles. The molecule has 1 aromatic heterocycles. The third-order valence-electron chi connectivity index (χ3n) is 3.32. The van der Waals surface area contributed by atoms with Crippen molar-refractivity contribution in [2.75, 3.05) is 6.54 Å². The Bertz CT molecular complexity index is 759. The quantitative estimate of drug-likeness (QED) is 0.508. The molecule has 0 radical (unpaired) electrons. The average Bonchev–Trinajstić information content (AvgIpc) is 2.79. The van der Waals surface area contributed by atoms with Crippen LogP contribution in [-0.4, -0.2) is 17.6 Å². The van der Waals surface area contributed by atoms with Gasteiger partial charge in [-0.2, -0.15) is 0 Å². The minimum atomic E-state index is -0.126. The number of pyridine rings is 1. The lowest BCUT2D eigenvalue weighted by molar-refractivity contribution is 0.244. The molecule has 1 unspecified atom stereocenters. The zero-order chi connectivity index (χ0) is 13.4. The van der Waals surface area contributed by atoms with Gasteiger partial charge in [-0.05, 0) is 29.6 Å². The van der Waals surface area contributed by atoms with E-state index in [9.17, 15) is 4.79 Å². The van der Waals surface area contributed by atoms with E-state index in [0.717, 1.165) is 34.2 Å². The van der Waals surface area contributed by atoms with Crippen molar-refractivity contribution in [3.8, 4) is 5.75 Å². The van der Waals surface area contributed by atoms with Gasteiger partial charge in [0.05, 0.1) is 12.1 Å². The van der Waals surface area contributed by atoms with Gasteiger partial charge in [0.15, 0.2) is 0 Å². The van der Waals surface area contributed by atoms with Gasteiger partial charge < -0.3 is 9.72 Å². The number of nitrogens with zero attached hydrogens (tertiary/aromatic N) is 3. The molecule has 2 heterocycles. The SMILES string of the molecule is Cc1cc2c(c3ccc(=O)[nH]c13)OC(CN=[N+]=[N-])C2. The molecule has 0 amide bonds. The smallest absolute Gasteiger partial charge is 0.248 e. The highest BCUT2D eigenvalue weighted by molar-refractivity contribution is 5.89. The number of hydrogen-bond donors (Lipinski definition) is 1. The molecule has 0 fully saturated rings. The zero-order valence-electron chi connectivity index (χ0n) is 10.4. The Morgan fingerprint density at radius 2 is 2.42 bits per heavy atom. The number of rotatable bonds is 2. The van der Waals surface area contributed by atoms with Crippen LogP contribution in [0.2, 0.25) is 0 Å². The van der Waals surface area contributed by atoms with Crippen LogP contribution in [0.25, 0.3) is 21.3 Å². The first-order chi connectivity index (χ1) is 9.19. The van der Waals surface area contributed by atoms with Crippen LogP contribution in [-0.2, 0) is 6.42 Å². The number of benzene rings is 1.